The van der Waals surface area contributed by atoms with Crippen molar-refractivity contribution in [2.24, 2.45) is 5.92 Å². The summed E-state index contributed by atoms with van der Waals surface area (Å²) in [5.74, 6) is -0.263. The van der Waals surface area contributed by atoms with Crippen LogP contribution in [0.5, 0.6) is 0 Å². The van der Waals surface area contributed by atoms with Crippen molar-refractivity contribution in [3.63, 3.8) is 0 Å². The van der Waals surface area contributed by atoms with Gasteiger partial charge in [-0.25, -0.2) is 4.98 Å². The lowest BCUT2D eigenvalue weighted by molar-refractivity contribution is -0.146. The maximum Gasteiger partial charge on any atom is 0.308 e. The Balaban J connectivity index is 1.77. The minimum Gasteiger partial charge on any atom is -0.469 e. The average molecular weight is 329 g/mol. The van der Waals surface area contributed by atoms with Gasteiger partial charge in [-0.3, -0.25) is 9.59 Å². The molecule has 1 aliphatic heterocycles. The normalized spacial score (nSPS) is 15.7. The van der Waals surface area contributed by atoms with Gasteiger partial charge in [-0.15, -0.1) is 0 Å². The van der Waals surface area contributed by atoms with Crippen LogP contribution in [-0.4, -0.2) is 46.4 Å². The van der Waals surface area contributed by atoms with E-state index in [2.05, 4.69) is 11.9 Å². The predicted molar refractivity (Wildman–Crippen MR) is 90.0 cm³/mol. The minimum absolute atomic E-state index is 0.00589. The quantitative estimate of drug-likeness (QED) is 0.810. The lowest BCUT2D eigenvalue weighted by atomic mass is 9.96. The van der Waals surface area contributed by atoms with Crippen LogP contribution >= 0.6 is 0 Å². The number of piperidine rings is 1. The van der Waals surface area contributed by atoms with Crippen LogP contribution in [0.15, 0.2) is 18.3 Å². The second-order valence-electron chi connectivity index (χ2n) is 6.23. The molecular formula is C18H23N3O3. The Morgan fingerprint density at radius 2 is 2.00 bits per heavy atom. The lowest BCUT2D eigenvalue weighted by Crippen LogP contribution is -2.40. The molecule has 1 aliphatic rings. The number of fused-ring (bicyclic) bond motifs is 1. The van der Waals surface area contributed by atoms with E-state index in [1.165, 1.54) is 7.11 Å². The van der Waals surface area contributed by atoms with Crippen LogP contribution in [0.1, 0.15) is 41.5 Å². The topological polar surface area (TPSA) is 63.9 Å². The molecule has 0 aromatic carbocycles. The number of amides is 1. The Bertz CT molecular complexity index is 773. The van der Waals surface area contributed by atoms with Gasteiger partial charge in [0.1, 0.15) is 5.65 Å². The molecule has 0 atom stereocenters. The molecule has 0 radical (unpaired) electrons. The van der Waals surface area contributed by atoms with Crippen LogP contribution in [0.4, 0.5) is 0 Å². The number of nitrogens with zero attached hydrogens (tertiary/aromatic N) is 3. The van der Waals surface area contributed by atoms with Gasteiger partial charge < -0.3 is 14.0 Å². The van der Waals surface area contributed by atoms with E-state index in [0.717, 1.165) is 23.5 Å². The van der Waals surface area contributed by atoms with E-state index < -0.39 is 0 Å². The van der Waals surface area contributed by atoms with Gasteiger partial charge in [0, 0.05) is 25.0 Å². The van der Waals surface area contributed by atoms with Gasteiger partial charge in [0.05, 0.1) is 24.3 Å². The Kier molecular flexibility index (Phi) is 4.55. The first-order valence-electron chi connectivity index (χ1n) is 8.39. The maximum atomic E-state index is 12.8. The molecule has 2 aromatic rings. The zero-order chi connectivity index (χ0) is 17.3. The first-order valence-corrected chi connectivity index (χ1v) is 8.39. The van der Waals surface area contributed by atoms with Crippen LogP contribution in [0.3, 0.4) is 0 Å². The van der Waals surface area contributed by atoms with Crippen molar-refractivity contribution >= 4 is 17.5 Å². The predicted octanol–water partition coefficient (Wildman–Crippen LogP) is 2.23. The lowest BCUT2D eigenvalue weighted by Gasteiger charge is -2.30. The van der Waals surface area contributed by atoms with E-state index in [4.69, 9.17) is 4.74 Å². The number of pyridine rings is 1. The molecule has 0 aliphatic carbocycles. The van der Waals surface area contributed by atoms with Crippen LogP contribution in [0.25, 0.3) is 5.65 Å². The summed E-state index contributed by atoms with van der Waals surface area (Å²) < 4.78 is 6.77. The molecule has 2 aromatic heterocycles. The summed E-state index contributed by atoms with van der Waals surface area (Å²) in [4.78, 5) is 30.7. The molecular weight excluding hydrogens is 306 g/mol. The van der Waals surface area contributed by atoms with Gasteiger partial charge in [0.25, 0.3) is 5.91 Å². The van der Waals surface area contributed by atoms with Gasteiger partial charge in [-0.2, -0.15) is 0 Å². The monoisotopic (exact) mass is 329 g/mol. The molecule has 3 rings (SSSR count). The maximum absolute atomic E-state index is 12.8. The van der Waals surface area contributed by atoms with Crippen molar-refractivity contribution in [2.75, 3.05) is 20.2 Å². The zero-order valence-electron chi connectivity index (χ0n) is 14.4. The van der Waals surface area contributed by atoms with E-state index in [-0.39, 0.29) is 17.8 Å². The highest BCUT2D eigenvalue weighted by molar-refractivity contribution is 5.94. The second kappa shape index (κ2) is 6.63. The fourth-order valence-corrected chi connectivity index (χ4v) is 3.34. The molecule has 0 unspecified atom stereocenters. The highest BCUT2D eigenvalue weighted by atomic mass is 16.5. The van der Waals surface area contributed by atoms with Crippen molar-refractivity contribution in [3.05, 3.63) is 35.3 Å². The van der Waals surface area contributed by atoms with Gasteiger partial charge in [0.2, 0.25) is 0 Å². The third-order valence-electron chi connectivity index (χ3n) is 4.85. The molecule has 1 fully saturated rings. The van der Waals surface area contributed by atoms with Crippen LogP contribution in [0.2, 0.25) is 0 Å². The number of carbonyl (C=O) groups is 2. The minimum atomic E-state index is -0.176. The number of aromatic nitrogens is 2. The molecule has 1 saturated heterocycles. The average Bonchev–Trinajstić information content (AvgIpc) is 2.96. The number of imidazole rings is 1. The second-order valence-corrected chi connectivity index (χ2v) is 6.23. The smallest absolute Gasteiger partial charge is 0.308 e. The van der Waals surface area contributed by atoms with E-state index in [1.807, 2.05) is 34.6 Å². The summed E-state index contributed by atoms with van der Waals surface area (Å²) in [6, 6.07) is 3.72. The van der Waals surface area contributed by atoms with E-state index in [0.29, 0.717) is 31.5 Å². The van der Waals surface area contributed by atoms with Crippen molar-refractivity contribution in [2.45, 2.75) is 33.1 Å². The van der Waals surface area contributed by atoms with Gasteiger partial charge >= 0.3 is 5.97 Å². The SMILES string of the molecule is CCc1nc2ccc(C(=O)N3CCC(C(=O)OC)CC3)cn2c1C. The number of ether oxygens (including phenoxy) is 1. The summed E-state index contributed by atoms with van der Waals surface area (Å²) in [5, 5.41) is 0. The van der Waals surface area contributed by atoms with Crippen molar-refractivity contribution < 1.29 is 14.3 Å². The number of esters is 1. The van der Waals surface area contributed by atoms with Crippen LogP contribution < -0.4 is 0 Å². The third kappa shape index (κ3) is 2.88. The molecule has 0 N–H and O–H groups in total. The highest BCUT2D eigenvalue weighted by Crippen LogP contribution is 2.21. The number of methoxy groups -OCH3 is 1. The van der Waals surface area contributed by atoms with E-state index in [1.54, 1.807) is 0 Å². The van der Waals surface area contributed by atoms with Crippen LogP contribution in [-0.2, 0) is 16.0 Å². The molecule has 6 nitrogen and oxygen atoms in total. The van der Waals surface area contributed by atoms with Gasteiger partial charge in [-0.1, -0.05) is 6.92 Å². The Morgan fingerprint density at radius 1 is 1.29 bits per heavy atom. The van der Waals surface area contributed by atoms with Crippen molar-refractivity contribution in [1.82, 2.24) is 14.3 Å². The Labute approximate surface area is 141 Å². The molecule has 1 amide bonds. The number of hydrogen-bond acceptors (Lipinski definition) is 4. The Hall–Kier alpha value is -2.37. The summed E-state index contributed by atoms with van der Waals surface area (Å²) in [6.45, 7) is 5.26. The first-order chi connectivity index (χ1) is 11.5. The number of likely N-dealkylation sites (tertiary alicyclic amines) is 1. The molecule has 128 valence electrons. The standard InChI is InChI=1S/C18H23N3O3/c1-4-15-12(2)21-11-14(5-6-16(21)19-15)17(22)20-9-7-13(8-10-20)18(23)24-3/h5-6,11,13H,4,7-10H2,1-3H3. The summed E-state index contributed by atoms with van der Waals surface area (Å²) >= 11 is 0. The van der Waals surface area contributed by atoms with Gasteiger partial charge in [-0.05, 0) is 38.3 Å². The van der Waals surface area contributed by atoms with Crippen molar-refractivity contribution in [1.29, 1.82) is 0 Å². The molecule has 0 spiro atoms. The summed E-state index contributed by atoms with van der Waals surface area (Å²) in [7, 11) is 1.41. The number of rotatable bonds is 3. The summed E-state index contributed by atoms with van der Waals surface area (Å²) in [6.07, 6.45) is 4.05. The van der Waals surface area contributed by atoms with E-state index >= 15 is 0 Å². The van der Waals surface area contributed by atoms with Crippen molar-refractivity contribution in [3.8, 4) is 0 Å². The number of aryl methyl sites for hydroxylation is 2. The number of carbonyl (C=O) groups excluding carboxylic acids is 2. The Morgan fingerprint density at radius 3 is 2.62 bits per heavy atom. The largest absolute Gasteiger partial charge is 0.469 e. The molecule has 0 bridgehead atoms. The van der Waals surface area contributed by atoms with Gasteiger partial charge in [0.15, 0.2) is 0 Å². The van der Waals surface area contributed by atoms with Crippen LogP contribution in [0, 0.1) is 12.8 Å². The fraction of sp³-hybridized carbons (Fsp3) is 0.500. The third-order valence-corrected chi connectivity index (χ3v) is 4.85. The summed E-state index contributed by atoms with van der Waals surface area (Å²) in [5.41, 5.74) is 3.65. The number of hydrogen-bond donors (Lipinski definition) is 0. The molecule has 0 saturated carbocycles. The van der Waals surface area contributed by atoms with E-state index in [9.17, 15) is 9.59 Å². The molecule has 24 heavy (non-hydrogen) atoms. The first kappa shape index (κ1) is 16.5. The molecule has 3 heterocycles. The molecule has 6 heteroatoms. The fourth-order valence-electron chi connectivity index (χ4n) is 3.34. The highest BCUT2D eigenvalue weighted by Gasteiger charge is 2.28. The zero-order valence-corrected chi connectivity index (χ0v) is 14.4.